The van der Waals surface area contributed by atoms with Gasteiger partial charge in [-0.2, -0.15) is 5.26 Å². The van der Waals surface area contributed by atoms with Gasteiger partial charge in [-0.1, -0.05) is 24.3 Å². The van der Waals surface area contributed by atoms with Crippen LogP contribution in [0.25, 0.3) is 0 Å². The molecule has 1 aliphatic rings. The minimum atomic E-state index is -1.10. The molecule has 0 aromatic heterocycles. The van der Waals surface area contributed by atoms with E-state index in [4.69, 9.17) is 10.00 Å². The van der Waals surface area contributed by atoms with Gasteiger partial charge >= 0.3 is 5.97 Å². The molecule has 2 aromatic carbocycles. The van der Waals surface area contributed by atoms with Crippen LogP contribution < -0.4 is 10.1 Å². The molecular weight excluding hydrogens is 458 g/mol. The fourth-order valence-electron chi connectivity index (χ4n) is 4.38. The summed E-state index contributed by atoms with van der Waals surface area (Å²) in [4.78, 5) is 38.7. The maximum atomic E-state index is 12.6. The van der Waals surface area contributed by atoms with Gasteiger partial charge < -0.3 is 20.1 Å². The number of carbonyl (C=O) groups is 3. The molecule has 0 spiro atoms. The Bertz CT molecular complexity index is 1070. The molecule has 1 saturated heterocycles. The van der Waals surface area contributed by atoms with Crippen LogP contribution in [-0.4, -0.2) is 53.5 Å². The summed E-state index contributed by atoms with van der Waals surface area (Å²) in [7, 11) is 0. The first-order chi connectivity index (χ1) is 17.4. The summed E-state index contributed by atoms with van der Waals surface area (Å²) in [5.41, 5.74) is 2.32. The van der Waals surface area contributed by atoms with Gasteiger partial charge in [-0.05, 0) is 67.5 Å². The molecule has 0 saturated carbocycles. The zero-order valence-electron chi connectivity index (χ0n) is 20.6. The van der Waals surface area contributed by atoms with Gasteiger partial charge in [0, 0.05) is 32.4 Å². The van der Waals surface area contributed by atoms with Crippen LogP contribution in [-0.2, 0) is 27.2 Å². The Labute approximate surface area is 211 Å². The molecule has 8 nitrogen and oxygen atoms in total. The van der Waals surface area contributed by atoms with Crippen LogP contribution in [0.1, 0.15) is 49.3 Å². The van der Waals surface area contributed by atoms with Crippen molar-refractivity contribution in [2.45, 2.75) is 51.5 Å². The van der Waals surface area contributed by atoms with Crippen LogP contribution in [0.5, 0.6) is 5.75 Å². The second-order valence-corrected chi connectivity index (χ2v) is 9.08. The lowest BCUT2D eigenvalue weighted by Crippen LogP contribution is -2.44. The van der Waals surface area contributed by atoms with Crippen LogP contribution in [0.2, 0.25) is 0 Å². The summed E-state index contributed by atoms with van der Waals surface area (Å²) >= 11 is 0. The number of carbonyl (C=O) groups excluding carboxylic acids is 2. The number of aryl methyl sites for hydroxylation is 1. The number of ether oxygens (including phenoxy) is 1. The first-order valence-electron chi connectivity index (χ1n) is 12.4. The minimum absolute atomic E-state index is 0.111. The highest BCUT2D eigenvalue weighted by Gasteiger charge is 2.26. The molecule has 0 bridgehead atoms. The molecule has 36 heavy (non-hydrogen) atoms. The second-order valence-electron chi connectivity index (χ2n) is 9.08. The first-order valence-corrected chi connectivity index (χ1v) is 12.4. The molecule has 0 radical (unpaired) electrons. The fraction of sp³-hybridized carbons (Fsp3) is 0.429. The Morgan fingerprint density at radius 1 is 1.08 bits per heavy atom. The van der Waals surface area contributed by atoms with Crippen LogP contribution in [0.3, 0.4) is 0 Å². The first kappa shape index (κ1) is 26.7. The van der Waals surface area contributed by atoms with Crippen LogP contribution >= 0.6 is 0 Å². The highest BCUT2D eigenvalue weighted by atomic mass is 16.5. The van der Waals surface area contributed by atoms with Gasteiger partial charge in [0.1, 0.15) is 11.8 Å². The van der Waals surface area contributed by atoms with Crippen molar-refractivity contribution < 1.29 is 24.2 Å². The number of carboxylic acids is 1. The third kappa shape index (κ3) is 8.12. The van der Waals surface area contributed by atoms with Gasteiger partial charge in [-0.15, -0.1) is 0 Å². The number of aliphatic carboxylic acids is 1. The normalized spacial score (nSPS) is 14.5. The topological polar surface area (TPSA) is 120 Å². The maximum Gasteiger partial charge on any atom is 0.326 e. The van der Waals surface area contributed by atoms with Gasteiger partial charge in [0.15, 0.2) is 0 Å². The van der Waals surface area contributed by atoms with E-state index in [1.807, 2.05) is 42.2 Å². The number of hydrogen-bond acceptors (Lipinski definition) is 5. The van der Waals surface area contributed by atoms with Gasteiger partial charge in [0.05, 0.1) is 18.2 Å². The molecule has 2 N–H and O–H groups in total. The number of likely N-dealkylation sites (tertiary alicyclic amines) is 1. The van der Waals surface area contributed by atoms with Crippen LogP contribution in [0.15, 0.2) is 48.5 Å². The number of nitrogens with one attached hydrogen (secondary N) is 1. The number of rotatable bonds is 11. The summed E-state index contributed by atoms with van der Waals surface area (Å²) < 4.78 is 5.44. The van der Waals surface area contributed by atoms with E-state index in [1.54, 1.807) is 24.3 Å². The SMILES string of the molecule is CCOc1ccc(CCC(=O)N2CCC(CC(=O)N[C@@H](Cc3ccc(C#N)cc3)C(=O)O)CC2)cc1. The molecule has 8 heteroatoms. The fourth-order valence-corrected chi connectivity index (χ4v) is 4.38. The number of carboxylic acid groups (broad SMARTS) is 1. The standard InChI is InChI=1S/C28H33N3O5/c1-2-36-24-10-7-20(8-11-24)9-12-27(33)31-15-13-22(14-16-31)18-26(32)30-25(28(34)35)17-21-3-5-23(19-29)6-4-21/h3-8,10-11,22,25H,2,9,12-18H2,1H3,(H,30,32)(H,34,35)/t25-/m0/s1. The lowest BCUT2D eigenvalue weighted by molar-refractivity contribution is -0.142. The lowest BCUT2D eigenvalue weighted by Gasteiger charge is -2.32. The van der Waals surface area contributed by atoms with E-state index in [1.165, 1.54) is 0 Å². The molecule has 1 aliphatic heterocycles. The predicted octanol–water partition coefficient (Wildman–Crippen LogP) is 3.33. The Balaban J connectivity index is 1.40. The largest absolute Gasteiger partial charge is 0.494 e. The monoisotopic (exact) mass is 491 g/mol. The number of nitrogens with zero attached hydrogens (tertiary/aromatic N) is 2. The number of amides is 2. The maximum absolute atomic E-state index is 12.6. The Kier molecular flexibility index (Phi) is 9.87. The number of piperidine rings is 1. The van der Waals surface area contributed by atoms with Crippen LogP contribution in [0.4, 0.5) is 0 Å². The molecule has 1 fully saturated rings. The lowest BCUT2D eigenvalue weighted by atomic mass is 9.92. The molecule has 3 rings (SSSR count). The third-order valence-electron chi connectivity index (χ3n) is 6.46. The smallest absolute Gasteiger partial charge is 0.326 e. The molecule has 0 unspecified atom stereocenters. The summed E-state index contributed by atoms with van der Waals surface area (Å²) in [6.07, 6.45) is 2.93. The molecule has 1 heterocycles. The summed E-state index contributed by atoms with van der Waals surface area (Å²) in [6, 6.07) is 15.4. The van der Waals surface area contributed by atoms with E-state index in [9.17, 15) is 19.5 Å². The molecule has 190 valence electrons. The molecule has 1 atom stereocenters. The molecule has 2 amide bonds. The van der Waals surface area contributed by atoms with Crippen molar-refractivity contribution in [3.05, 3.63) is 65.2 Å². The quantitative estimate of drug-likeness (QED) is 0.498. The summed E-state index contributed by atoms with van der Waals surface area (Å²) in [5.74, 6) is -0.343. The van der Waals surface area contributed by atoms with Gasteiger partial charge in [0.2, 0.25) is 11.8 Å². The average molecular weight is 492 g/mol. The van der Waals surface area contributed by atoms with E-state index < -0.39 is 12.0 Å². The molecule has 0 aliphatic carbocycles. The Hall–Kier alpha value is -3.86. The summed E-state index contributed by atoms with van der Waals surface area (Å²) in [5, 5.41) is 21.1. The average Bonchev–Trinajstić information content (AvgIpc) is 2.88. The zero-order chi connectivity index (χ0) is 25.9. The van der Waals surface area contributed by atoms with Gasteiger partial charge in [0.25, 0.3) is 0 Å². The molecule has 2 aromatic rings. The summed E-state index contributed by atoms with van der Waals surface area (Å²) in [6.45, 7) is 3.77. The van der Waals surface area contributed by atoms with Gasteiger partial charge in [-0.3, -0.25) is 9.59 Å². The third-order valence-corrected chi connectivity index (χ3v) is 6.46. The van der Waals surface area contributed by atoms with Crippen LogP contribution in [0, 0.1) is 17.2 Å². The Morgan fingerprint density at radius 2 is 1.72 bits per heavy atom. The van der Waals surface area contributed by atoms with Crippen molar-refractivity contribution in [2.75, 3.05) is 19.7 Å². The molecular formula is C28H33N3O5. The zero-order valence-corrected chi connectivity index (χ0v) is 20.6. The van der Waals surface area contributed by atoms with E-state index >= 15 is 0 Å². The van der Waals surface area contributed by atoms with Crippen molar-refractivity contribution in [3.63, 3.8) is 0 Å². The number of benzene rings is 2. The van der Waals surface area contributed by atoms with Crippen molar-refractivity contribution in [1.82, 2.24) is 10.2 Å². The van der Waals surface area contributed by atoms with E-state index in [0.717, 1.165) is 29.7 Å². The van der Waals surface area contributed by atoms with Crippen molar-refractivity contribution in [3.8, 4) is 11.8 Å². The van der Waals surface area contributed by atoms with E-state index in [-0.39, 0.29) is 30.6 Å². The van der Waals surface area contributed by atoms with Gasteiger partial charge in [-0.25, -0.2) is 4.79 Å². The minimum Gasteiger partial charge on any atom is -0.494 e. The number of nitriles is 1. The van der Waals surface area contributed by atoms with Crippen molar-refractivity contribution >= 4 is 17.8 Å². The predicted molar refractivity (Wildman–Crippen MR) is 134 cm³/mol. The second kappa shape index (κ2) is 13.3. The highest BCUT2D eigenvalue weighted by molar-refractivity contribution is 5.84. The van der Waals surface area contributed by atoms with Crippen molar-refractivity contribution in [2.24, 2.45) is 5.92 Å². The van der Waals surface area contributed by atoms with E-state index in [2.05, 4.69) is 5.32 Å². The Morgan fingerprint density at radius 3 is 2.31 bits per heavy atom. The van der Waals surface area contributed by atoms with E-state index in [0.29, 0.717) is 38.1 Å². The number of hydrogen-bond donors (Lipinski definition) is 2. The highest BCUT2D eigenvalue weighted by Crippen LogP contribution is 2.22. The van der Waals surface area contributed by atoms with Crippen molar-refractivity contribution in [1.29, 1.82) is 5.26 Å².